The van der Waals surface area contributed by atoms with Crippen LogP contribution in [0.15, 0.2) is 18.2 Å². The Balaban J connectivity index is 1.83. The van der Waals surface area contributed by atoms with Gasteiger partial charge in [0.15, 0.2) is 11.5 Å². The lowest BCUT2D eigenvalue weighted by atomic mass is 10.0. The molecule has 1 saturated heterocycles. The maximum absolute atomic E-state index is 6.12. The molecule has 0 amide bonds. The second kappa shape index (κ2) is 5.02. The van der Waals surface area contributed by atoms with E-state index in [1.54, 1.807) is 0 Å². The van der Waals surface area contributed by atoms with Crippen molar-refractivity contribution < 1.29 is 14.2 Å². The topological polar surface area (TPSA) is 39.7 Å². The van der Waals surface area contributed by atoms with E-state index >= 15 is 0 Å². The Morgan fingerprint density at radius 1 is 1.16 bits per heavy atom. The molecule has 1 fully saturated rings. The average molecular weight is 263 g/mol. The second-order valence-corrected chi connectivity index (χ2v) is 5.75. The Morgan fingerprint density at radius 2 is 1.95 bits per heavy atom. The highest BCUT2D eigenvalue weighted by atomic mass is 16.5. The van der Waals surface area contributed by atoms with Crippen LogP contribution in [0.5, 0.6) is 11.5 Å². The summed E-state index contributed by atoms with van der Waals surface area (Å²) < 4.78 is 17.5. The van der Waals surface area contributed by atoms with Gasteiger partial charge in [0, 0.05) is 19.5 Å². The summed E-state index contributed by atoms with van der Waals surface area (Å²) in [5, 5.41) is 3.42. The van der Waals surface area contributed by atoms with Crippen LogP contribution in [-0.2, 0) is 4.74 Å². The van der Waals surface area contributed by atoms with Gasteiger partial charge in [0.2, 0.25) is 0 Å². The van der Waals surface area contributed by atoms with Crippen LogP contribution in [0.3, 0.4) is 0 Å². The molecule has 19 heavy (non-hydrogen) atoms. The van der Waals surface area contributed by atoms with E-state index in [2.05, 4.69) is 31.3 Å². The van der Waals surface area contributed by atoms with E-state index in [1.165, 1.54) is 0 Å². The molecule has 1 aromatic rings. The summed E-state index contributed by atoms with van der Waals surface area (Å²) in [7, 11) is 0. The van der Waals surface area contributed by atoms with Crippen molar-refractivity contribution in [1.82, 2.24) is 5.32 Å². The maximum atomic E-state index is 6.12. The molecule has 4 nitrogen and oxygen atoms in total. The van der Waals surface area contributed by atoms with Crippen molar-refractivity contribution in [3.05, 3.63) is 23.8 Å². The van der Waals surface area contributed by atoms with Crippen LogP contribution >= 0.6 is 0 Å². The molecule has 1 N–H and O–H groups in total. The standard InChI is InChI=1S/C15H21NO3/c1-15(2)10-16-9-14(19-15)11-4-5-12-13(8-11)18-7-3-6-17-12/h4-5,8,14,16H,3,6-7,9-10H2,1-2H3. The first-order valence-electron chi connectivity index (χ1n) is 6.92. The van der Waals surface area contributed by atoms with Gasteiger partial charge in [-0.2, -0.15) is 0 Å². The highest BCUT2D eigenvalue weighted by Gasteiger charge is 2.29. The molecule has 0 bridgehead atoms. The quantitative estimate of drug-likeness (QED) is 0.844. The largest absolute Gasteiger partial charge is 0.490 e. The van der Waals surface area contributed by atoms with Crippen LogP contribution in [0.25, 0.3) is 0 Å². The zero-order valence-corrected chi connectivity index (χ0v) is 11.6. The predicted molar refractivity (Wildman–Crippen MR) is 72.8 cm³/mol. The van der Waals surface area contributed by atoms with Gasteiger partial charge in [-0.3, -0.25) is 0 Å². The lowest BCUT2D eigenvalue weighted by molar-refractivity contribution is -0.0959. The molecule has 2 heterocycles. The molecule has 104 valence electrons. The Kier molecular flexibility index (Phi) is 3.37. The van der Waals surface area contributed by atoms with E-state index in [9.17, 15) is 0 Å². The van der Waals surface area contributed by atoms with Crippen LogP contribution in [-0.4, -0.2) is 31.9 Å². The molecule has 1 aromatic carbocycles. The number of rotatable bonds is 1. The summed E-state index contributed by atoms with van der Waals surface area (Å²) in [6, 6.07) is 6.11. The Morgan fingerprint density at radius 3 is 2.74 bits per heavy atom. The van der Waals surface area contributed by atoms with Gasteiger partial charge in [-0.25, -0.2) is 0 Å². The SMILES string of the molecule is CC1(C)CNCC(c2ccc3c(c2)OCCCO3)O1. The Bertz CT molecular complexity index is 459. The van der Waals surface area contributed by atoms with Crippen molar-refractivity contribution in [2.75, 3.05) is 26.3 Å². The zero-order valence-electron chi connectivity index (χ0n) is 11.6. The van der Waals surface area contributed by atoms with Crippen molar-refractivity contribution in [2.24, 2.45) is 0 Å². The van der Waals surface area contributed by atoms with E-state index < -0.39 is 0 Å². The van der Waals surface area contributed by atoms with Crippen molar-refractivity contribution in [3.63, 3.8) is 0 Å². The third-order valence-electron chi connectivity index (χ3n) is 3.49. The fourth-order valence-corrected chi connectivity index (χ4v) is 2.54. The predicted octanol–water partition coefficient (Wildman–Crippen LogP) is 2.29. The third-order valence-corrected chi connectivity index (χ3v) is 3.49. The van der Waals surface area contributed by atoms with Crippen LogP contribution < -0.4 is 14.8 Å². The average Bonchev–Trinajstić information content (AvgIpc) is 2.61. The van der Waals surface area contributed by atoms with Gasteiger partial charge >= 0.3 is 0 Å². The van der Waals surface area contributed by atoms with Gasteiger partial charge in [0.25, 0.3) is 0 Å². The summed E-state index contributed by atoms with van der Waals surface area (Å²) in [5.74, 6) is 1.67. The van der Waals surface area contributed by atoms with Crippen LogP contribution in [0.1, 0.15) is 31.9 Å². The fraction of sp³-hybridized carbons (Fsp3) is 0.600. The molecule has 0 radical (unpaired) electrons. The smallest absolute Gasteiger partial charge is 0.161 e. The monoisotopic (exact) mass is 263 g/mol. The molecule has 4 heteroatoms. The van der Waals surface area contributed by atoms with Crippen molar-refractivity contribution in [3.8, 4) is 11.5 Å². The summed E-state index contributed by atoms with van der Waals surface area (Å²) in [4.78, 5) is 0. The van der Waals surface area contributed by atoms with E-state index in [-0.39, 0.29) is 11.7 Å². The summed E-state index contributed by atoms with van der Waals surface area (Å²) in [6.07, 6.45) is 0.999. The highest BCUT2D eigenvalue weighted by Crippen LogP contribution is 2.35. The Labute approximate surface area is 114 Å². The minimum absolute atomic E-state index is 0.0703. The molecule has 2 aliphatic heterocycles. The van der Waals surface area contributed by atoms with Gasteiger partial charge in [-0.15, -0.1) is 0 Å². The molecule has 2 aliphatic rings. The first kappa shape index (κ1) is 12.8. The molecule has 1 unspecified atom stereocenters. The second-order valence-electron chi connectivity index (χ2n) is 5.75. The lowest BCUT2D eigenvalue weighted by Gasteiger charge is -2.37. The summed E-state index contributed by atoms with van der Waals surface area (Å²) >= 11 is 0. The van der Waals surface area contributed by atoms with Crippen LogP contribution in [0, 0.1) is 0 Å². The molecular formula is C15H21NO3. The summed E-state index contributed by atoms with van der Waals surface area (Å²) in [6.45, 7) is 7.37. The van der Waals surface area contributed by atoms with Crippen molar-refractivity contribution in [1.29, 1.82) is 0 Å². The van der Waals surface area contributed by atoms with Crippen LogP contribution in [0.4, 0.5) is 0 Å². The van der Waals surface area contributed by atoms with Crippen molar-refractivity contribution in [2.45, 2.75) is 32.0 Å². The van der Waals surface area contributed by atoms with Crippen LogP contribution in [0.2, 0.25) is 0 Å². The number of fused-ring (bicyclic) bond motifs is 1. The molecule has 3 rings (SSSR count). The number of hydrogen-bond acceptors (Lipinski definition) is 4. The molecular weight excluding hydrogens is 242 g/mol. The third kappa shape index (κ3) is 2.85. The minimum atomic E-state index is -0.132. The molecule has 0 aromatic heterocycles. The first-order valence-corrected chi connectivity index (χ1v) is 6.92. The van der Waals surface area contributed by atoms with E-state index in [4.69, 9.17) is 14.2 Å². The van der Waals surface area contributed by atoms with Gasteiger partial charge in [0.1, 0.15) is 0 Å². The summed E-state index contributed by atoms with van der Waals surface area (Å²) in [5.41, 5.74) is 1.01. The molecule has 0 saturated carbocycles. The molecule has 0 aliphatic carbocycles. The number of hydrogen-bond donors (Lipinski definition) is 1. The fourth-order valence-electron chi connectivity index (χ4n) is 2.54. The normalized spacial score (nSPS) is 25.7. The zero-order chi connectivity index (χ0) is 13.3. The number of ether oxygens (including phenoxy) is 3. The number of benzene rings is 1. The van der Waals surface area contributed by atoms with E-state index in [0.29, 0.717) is 6.61 Å². The van der Waals surface area contributed by atoms with Gasteiger partial charge < -0.3 is 19.5 Å². The first-order chi connectivity index (χ1) is 9.14. The maximum Gasteiger partial charge on any atom is 0.161 e. The molecule has 0 spiro atoms. The van der Waals surface area contributed by atoms with Gasteiger partial charge in [0.05, 0.1) is 24.9 Å². The molecule has 1 atom stereocenters. The van der Waals surface area contributed by atoms with E-state index in [1.807, 2.05) is 6.07 Å². The van der Waals surface area contributed by atoms with Crippen molar-refractivity contribution >= 4 is 0 Å². The number of nitrogens with one attached hydrogen (secondary N) is 1. The lowest BCUT2D eigenvalue weighted by Crippen LogP contribution is -2.46. The minimum Gasteiger partial charge on any atom is -0.490 e. The van der Waals surface area contributed by atoms with Gasteiger partial charge in [-0.1, -0.05) is 6.07 Å². The van der Waals surface area contributed by atoms with Gasteiger partial charge in [-0.05, 0) is 31.5 Å². The Hall–Kier alpha value is -1.26. The highest BCUT2D eigenvalue weighted by molar-refractivity contribution is 5.44. The van der Waals surface area contributed by atoms with E-state index in [0.717, 1.165) is 43.2 Å². The number of morpholine rings is 1.